The van der Waals surface area contributed by atoms with E-state index in [2.05, 4.69) is 21.4 Å². The van der Waals surface area contributed by atoms with Gasteiger partial charge in [0, 0.05) is 17.5 Å². The Morgan fingerprint density at radius 2 is 2.13 bits per heavy atom. The molecule has 4 rings (SSSR count). The third-order valence-corrected chi connectivity index (χ3v) is 3.72. The number of rotatable bonds is 3. The van der Waals surface area contributed by atoms with Gasteiger partial charge in [-0.3, -0.25) is 0 Å². The molecule has 0 bridgehead atoms. The van der Waals surface area contributed by atoms with Crippen molar-refractivity contribution >= 4 is 16.7 Å². The number of benzene rings is 2. The molecule has 1 aliphatic heterocycles. The van der Waals surface area contributed by atoms with Gasteiger partial charge in [0.2, 0.25) is 0 Å². The highest BCUT2D eigenvalue weighted by Gasteiger charge is 2.14. The number of anilines is 1. The maximum Gasteiger partial charge on any atom is 0.171 e. The van der Waals surface area contributed by atoms with Crippen molar-refractivity contribution in [3.05, 3.63) is 59.4 Å². The molecule has 0 saturated carbocycles. The molecule has 0 amide bonds. The second kappa shape index (κ2) is 5.55. The molecule has 1 N–H and O–H groups in total. The van der Waals surface area contributed by atoms with E-state index in [1.807, 2.05) is 24.3 Å². The first-order valence-electron chi connectivity index (χ1n) is 7.13. The SMILES string of the molecule is N#Cc1ccc2ncnc(NCc3ccc4c(c3)OOC4)c2c1. The van der Waals surface area contributed by atoms with E-state index in [0.717, 1.165) is 27.8 Å². The highest BCUT2D eigenvalue weighted by atomic mass is 17.2. The highest BCUT2D eigenvalue weighted by Crippen LogP contribution is 2.27. The molecule has 0 spiro atoms. The molecule has 6 nitrogen and oxygen atoms in total. The Bertz CT molecular complexity index is 934. The van der Waals surface area contributed by atoms with Gasteiger partial charge in [0.1, 0.15) is 18.8 Å². The third kappa shape index (κ3) is 2.54. The van der Waals surface area contributed by atoms with Crippen molar-refractivity contribution < 1.29 is 9.78 Å². The van der Waals surface area contributed by atoms with Crippen molar-refractivity contribution in [2.45, 2.75) is 13.2 Å². The number of nitriles is 1. The summed E-state index contributed by atoms with van der Waals surface area (Å²) in [5.74, 6) is 1.45. The summed E-state index contributed by atoms with van der Waals surface area (Å²) in [5, 5.41) is 13.2. The van der Waals surface area contributed by atoms with Gasteiger partial charge in [0.05, 0.1) is 17.1 Å². The normalized spacial score (nSPS) is 12.5. The first-order chi connectivity index (χ1) is 11.3. The zero-order valence-corrected chi connectivity index (χ0v) is 12.1. The molecule has 1 aromatic heterocycles. The van der Waals surface area contributed by atoms with Gasteiger partial charge in [0.25, 0.3) is 0 Å². The van der Waals surface area contributed by atoms with Gasteiger partial charge in [-0.1, -0.05) is 12.1 Å². The lowest BCUT2D eigenvalue weighted by Crippen LogP contribution is -2.03. The van der Waals surface area contributed by atoms with E-state index in [1.54, 1.807) is 12.1 Å². The lowest BCUT2D eigenvalue weighted by Gasteiger charge is -2.09. The van der Waals surface area contributed by atoms with Crippen LogP contribution in [0, 0.1) is 11.3 Å². The Hall–Kier alpha value is -3.17. The predicted octanol–water partition coefficient (Wildman–Crippen LogP) is 2.94. The summed E-state index contributed by atoms with van der Waals surface area (Å²) in [5.41, 5.74) is 3.47. The summed E-state index contributed by atoms with van der Waals surface area (Å²) in [4.78, 5) is 18.6. The molecule has 0 fully saturated rings. The van der Waals surface area contributed by atoms with Crippen molar-refractivity contribution in [1.29, 1.82) is 5.26 Å². The lowest BCUT2D eigenvalue weighted by molar-refractivity contribution is -0.194. The molecular weight excluding hydrogens is 292 g/mol. The monoisotopic (exact) mass is 304 g/mol. The summed E-state index contributed by atoms with van der Waals surface area (Å²) in [7, 11) is 0. The molecule has 3 aromatic rings. The van der Waals surface area contributed by atoms with Crippen LogP contribution in [-0.2, 0) is 18.0 Å². The van der Waals surface area contributed by atoms with E-state index in [9.17, 15) is 0 Å². The first-order valence-corrected chi connectivity index (χ1v) is 7.13. The summed E-state index contributed by atoms with van der Waals surface area (Å²) >= 11 is 0. The Morgan fingerprint density at radius 1 is 1.17 bits per heavy atom. The van der Waals surface area contributed by atoms with Gasteiger partial charge in [-0.25, -0.2) is 9.97 Å². The molecule has 0 atom stereocenters. The fourth-order valence-electron chi connectivity index (χ4n) is 2.51. The van der Waals surface area contributed by atoms with E-state index in [1.165, 1.54) is 6.33 Å². The molecule has 2 aromatic carbocycles. The van der Waals surface area contributed by atoms with Crippen LogP contribution in [0.4, 0.5) is 5.82 Å². The minimum atomic E-state index is 0.483. The molecule has 0 saturated heterocycles. The van der Waals surface area contributed by atoms with Crippen molar-refractivity contribution in [2.75, 3.05) is 5.32 Å². The molecule has 6 heteroatoms. The number of hydrogen-bond acceptors (Lipinski definition) is 6. The van der Waals surface area contributed by atoms with E-state index in [-0.39, 0.29) is 0 Å². The van der Waals surface area contributed by atoms with E-state index < -0.39 is 0 Å². The minimum Gasteiger partial charge on any atom is -0.365 e. The molecule has 0 radical (unpaired) electrons. The summed E-state index contributed by atoms with van der Waals surface area (Å²) < 4.78 is 0. The summed E-state index contributed by atoms with van der Waals surface area (Å²) in [6.45, 7) is 1.07. The smallest absolute Gasteiger partial charge is 0.171 e. The topological polar surface area (TPSA) is 80.1 Å². The number of hydrogen-bond donors (Lipinski definition) is 1. The zero-order valence-electron chi connectivity index (χ0n) is 12.1. The van der Waals surface area contributed by atoms with Gasteiger partial charge >= 0.3 is 0 Å². The first kappa shape index (κ1) is 13.5. The van der Waals surface area contributed by atoms with E-state index >= 15 is 0 Å². The van der Waals surface area contributed by atoms with Crippen LogP contribution in [0.2, 0.25) is 0 Å². The van der Waals surface area contributed by atoms with E-state index in [0.29, 0.717) is 24.5 Å². The van der Waals surface area contributed by atoms with Gasteiger partial charge in [-0.2, -0.15) is 10.1 Å². The van der Waals surface area contributed by atoms with Crippen LogP contribution >= 0.6 is 0 Å². The second-order valence-corrected chi connectivity index (χ2v) is 5.21. The molecule has 1 aliphatic rings. The fraction of sp³-hybridized carbons (Fsp3) is 0.118. The van der Waals surface area contributed by atoms with Crippen LogP contribution in [0.1, 0.15) is 16.7 Å². The van der Waals surface area contributed by atoms with Crippen LogP contribution in [-0.4, -0.2) is 9.97 Å². The Labute approximate surface area is 132 Å². The van der Waals surface area contributed by atoms with Crippen LogP contribution in [0.5, 0.6) is 5.75 Å². The van der Waals surface area contributed by atoms with Crippen molar-refractivity contribution in [1.82, 2.24) is 9.97 Å². The van der Waals surface area contributed by atoms with Crippen LogP contribution in [0.3, 0.4) is 0 Å². The number of nitrogens with one attached hydrogen (secondary N) is 1. The number of nitrogens with zero attached hydrogens (tertiary/aromatic N) is 3. The third-order valence-electron chi connectivity index (χ3n) is 3.72. The highest BCUT2D eigenvalue weighted by molar-refractivity contribution is 5.89. The molecule has 0 unspecified atom stereocenters. The van der Waals surface area contributed by atoms with Crippen molar-refractivity contribution in [3.63, 3.8) is 0 Å². The standard InChI is InChI=1S/C17H12N4O2/c18-7-11-2-4-15-14(5-11)17(21-10-20-15)19-8-12-1-3-13-9-22-23-16(13)6-12/h1-6,10H,8-9H2,(H,19,20,21). The Balaban J connectivity index is 1.61. The number of fused-ring (bicyclic) bond motifs is 2. The molecule has 23 heavy (non-hydrogen) atoms. The minimum absolute atomic E-state index is 0.483. The van der Waals surface area contributed by atoms with Gasteiger partial charge in [0.15, 0.2) is 5.75 Å². The predicted molar refractivity (Wildman–Crippen MR) is 83.4 cm³/mol. The van der Waals surface area contributed by atoms with Crippen LogP contribution in [0.25, 0.3) is 10.9 Å². The largest absolute Gasteiger partial charge is 0.365 e. The van der Waals surface area contributed by atoms with Crippen molar-refractivity contribution in [3.8, 4) is 11.8 Å². The maximum atomic E-state index is 9.05. The molecule has 0 aliphatic carbocycles. The van der Waals surface area contributed by atoms with Gasteiger partial charge in [-0.05, 0) is 29.8 Å². The Morgan fingerprint density at radius 3 is 3.04 bits per heavy atom. The van der Waals surface area contributed by atoms with Gasteiger partial charge < -0.3 is 10.2 Å². The van der Waals surface area contributed by atoms with E-state index in [4.69, 9.17) is 15.0 Å². The lowest BCUT2D eigenvalue weighted by atomic mass is 10.1. The Kier molecular flexibility index (Phi) is 3.26. The fourth-order valence-corrected chi connectivity index (χ4v) is 2.51. The van der Waals surface area contributed by atoms with Crippen LogP contribution < -0.4 is 10.2 Å². The average Bonchev–Trinajstić information content (AvgIpc) is 3.07. The maximum absolute atomic E-state index is 9.05. The number of aromatic nitrogens is 2. The van der Waals surface area contributed by atoms with Gasteiger partial charge in [-0.15, -0.1) is 0 Å². The molecule has 2 heterocycles. The zero-order chi connectivity index (χ0) is 15.6. The molecular formula is C17H12N4O2. The van der Waals surface area contributed by atoms with Crippen LogP contribution in [0.15, 0.2) is 42.7 Å². The average molecular weight is 304 g/mol. The summed E-state index contributed by atoms with van der Waals surface area (Å²) in [6.07, 6.45) is 1.51. The molecule has 112 valence electrons. The van der Waals surface area contributed by atoms with Crippen molar-refractivity contribution in [2.24, 2.45) is 0 Å². The summed E-state index contributed by atoms with van der Waals surface area (Å²) in [6, 6.07) is 13.4. The second-order valence-electron chi connectivity index (χ2n) is 5.21. The quantitative estimate of drug-likeness (QED) is 0.749.